The van der Waals surface area contributed by atoms with E-state index in [1.807, 2.05) is 0 Å². The second-order valence-electron chi connectivity index (χ2n) is 5.09. The van der Waals surface area contributed by atoms with E-state index in [0.717, 1.165) is 12.6 Å². The molecule has 0 aromatic heterocycles. The Hall–Kier alpha value is -3.02. The molecular weight excluding hydrogens is 324 g/mol. The molecule has 0 heterocycles. The van der Waals surface area contributed by atoms with Gasteiger partial charge in [0.1, 0.15) is 23.0 Å². The lowest BCUT2D eigenvalue weighted by molar-refractivity contribution is 0.111. The van der Waals surface area contributed by atoms with Crippen molar-refractivity contribution in [2.75, 3.05) is 27.4 Å². The monoisotopic (exact) mass is 344 g/mol. The molecule has 2 rings (SSSR count). The van der Waals surface area contributed by atoms with E-state index in [-0.39, 0.29) is 0 Å². The largest absolute Gasteiger partial charge is 0.497 e. The Morgan fingerprint density at radius 3 is 1.56 bits per heavy atom. The Morgan fingerprint density at radius 1 is 0.760 bits per heavy atom. The molecule has 0 aliphatic carbocycles. The molecule has 0 bridgehead atoms. The van der Waals surface area contributed by atoms with Gasteiger partial charge < -0.3 is 18.9 Å². The molecule has 0 N–H and O–H groups in total. The van der Waals surface area contributed by atoms with Gasteiger partial charge in [-0.2, -0.15) is 0 Å². The van der Waals surface area contributed by atoms with Gasteiger partial charge in [0, 0.05) is 6.42 Å². The van der Waals surface area contributed by atoms with E-state index in [0.29, 0.717) is 53.8 Å². The van der Waals surface area contributed by atoms with Crippen LogP contribution in [0.1, 0.15) is 27.1 Å². The Labute approximate surface area is 146 Å². The van der Waals surface area contributed by atoms with Crippen molar-refractivity contribution < 1.29 is 28.5 Å². The van der Waals surface area contributed by atoms with Crippen LogP contribution >= 0.6 is 0 Å². The molecule has 2 aromatic carbocycles. The van der Waals surface area contributed by atoms with E-state index in [1.54, 1.807) is 36.4 Å². The van der Waals surface area contributed by atoms with Gasteiger partial charge in [-0.25, -0.2) is 0 Å². The second-order valence-corrected chi connectivity index (χ2v) is 5.09. The summed E-state index contributed by atoms with van der Waals surface area (Å²) in [5.74, 6) is 2.18. The maximum atomic E-state index is 11.1. The van der Waals surface area contributed by atoms with Crippen LogP contribution in [-0.4, -0.2) is 40.0 Å². The molecule has 0 radical (unpaired) electrons. The minimum Gasteiger partial charge on any atom is -0.497 e. The molecule has 132 valence electrons. The quantitative estimate of drug-likeness (QED) is 0.487. The topological polar surface area (TPSA) is 71.1 Å². The molecule has 0 saturated heterocycles. The number of hydrogen-bond acceptors (Lipinski definition) is 6. The van der Waals surface area contributed by atoms with Gasteiger partial charge in [0.05, 0.1) is 38.6 Å². The van der Waals surface area contributed by atoms with Crippen LogP contribution in [0.25, 0.3) is 0 Å². The highest BCUT2D eigenvalue weighted by Crippen LogP contribution is 2.24. The van der Waals surface area contributed by atoms with Gasteiger partial charge in [-0.05, 0) is 36.4 Å². The van der Waals surface area contributed by atoms with Crippen LogP contribution in [0.5, 0.6) is 23.0 Å². The minimum absolute atomic E-state index is 0.375. The van der Waals surface area contributed by atoms with Crippen LogP contribution in [0.4, 0.5) is 0 Å². The normalized spacial score (nSPS) is 10.0. The van der Waals surface area contributed by atoms with Crippen LogP contribution in [0.3, 0.4) is 0 Å². The first kappa shape index (κ1) is 18.3. The third-order valence-corrected chi connectivity index (χ3v) is 3.49. The van der Waals surface area contributed by atoms with Gasteiger partial charge in [-0.3, -0.25) is 9.59 Å². The number of ether oxygens (including phenoxy) is 4. The SMILES string of the molecule is COc1ccc(OCCCOc2ccc(OC)cc2C=O)c(C=O)c1. The van der Waals surface area contributed by atoms with E-state index in [2.05, 4.69) is 0 Å². The summed E-state index contributed by atoms with van der Waals surface area (Å²) in [7, 11) is 3.07. The van der Waals surface area contributed by atoms with Crippen LogP contribution in [0.15, 0.2) is 36.4 Å². The summed E-state index contributed by atoms with van der Waals surface area (Å²) < 4.78 is 21.3. The van der Waals surface area contributed by atoms with Crippen molar-refractivity contribution in [1.29, 1.82) is 0 Å². The fraction of sp³-hybridized carbons (Fsp3) is 0.263. The standard InChI is InChI=1S/C19H20O6/c1-22-16-4-6-18(14(10-16)12-20)24-8-3-9-25-19-7-5-17(23-2)11-15(19)13-21/h4-7,10-13H,3,8-9H2,1-2H3. The first-order chi connectivity index (χ1) is 12.2. The second kappa shape index (κ2) is 9.32. The summed E-state index contributed by atoms with van der Waals surface area (Å²) in [6.45, 7) is 0.749. The predicted octanol–water partition coefficient (Wildman–Crippen LogP) is 3.18. The van der Waals surface area contributed by atoms with E-state index in [9.17, 15) is 9.59 Å². The lowest BCUT2D eigenvalue weighted by Gasteiger charge is -2.11. The Kier molecular flexibility index (Phi) is 6.83. The van der Waals surface area contributed by atoms with Gasteiger partial charge in [0.25, 0.3) is 0 Å². The van der Waals surface area contributed by atoms with Crippen LogP contribution in [0, 0.1) is 0 Å². The molecule has 6 nitrogen and oxygen atoms in total. The number of rotatable bonds is 10. The first-order valence-corrected chi connectivity index (χ1v) is 7.74. The maximum absolute atomic E-state index is 11.1. The zero-order valence-electron chi connectivity index (χ0n) is 14.2. The first-order valence-electron chi connectivity index (χ1n) is 7.74. The van der Waals surface area contributed by atoms with Gasteiger partial charge in [-0.1, -0.05) is 0 Å². The zero-order valence-corrected chi connectivity index (χ0v) is 14.2. The maximum Gasteiger partial charge on any atom is 0.153 e. The minimum atomic E-state index is 0.375. The molecule has 0 unspecified atom stereocenters. The Balaban J connectivity index is 1.84. The lowest BCUT2D eigenvalue weighted by atomic mass is 10.2. The smallest absolute Gasteiger partial charge is 0.153 e. The number of methoxy groups -OCH3 is 2. The van der Waals surface area contributed by atoms with Crippen LogP contribution < -0.4 is 18.9 Å². The average Bonchev–Trinajstić information content (AvgIpc) is 2.67. The third-order valence-electron chi connectivity index (χ3n) is 3.49. The highest BCUT2D eigenvalue weighted by Gasteiger charge is 2.07. The molecule has 6 heteroatoms. The predicted molar refractivity (Wildman–Crippen MR) is 92.4 cm³/mol. The fourth-order valence-electron chi connectivity index (χ4n) is 2.18. The molecule has 2 aromatic rings. The number of carbonyl (C=O) groups excluding carboxylic acids is 2. The molecule has 0 saturated carbocycles. The van der Waals surface area contributed by atoms with E-state index in [1.165, 1.54) is 14.2 Å². The highest BCUT2D eigenvalue weighted by atomic mass is 16.5. The van der Waals surface area contributed by atoms with Crippen molar-refractivity contribution >= 4 is 12.6 Å². The van der Waals surface area contributed by atoms with Crippen LogP contribution in [-0.2, 0) is 0 Å². The Morgan fingerprint density at radius 2 is 1.20 bits per heavy atom. The summed E-state index contributed by atoms with van der Waals surface area (Å²) in [5, 5.41) is 0. The van der Waals surface area contributed by atoms with Crippen molar-refractivity contribution in [2.24, 2.45) is 0 Å². The number of benzene rings is 2. The third kappa shape index (κ3) is 4.97. The number of hydrogen-bond donors (Lipinski definition) is 0. The molecule has 0 spiro atoms. The van der Waals surface area contributed by atoms with Gasteiger partial charge in [-0.15, -0.1) is 0 Å². The van der Waals surface area contributed by atoms with E-state index in [4.69, 9.17) is 18.9 Å². The van der Waals surface area contributed by atoms with Crippen molar-refractivity contribution in [3.63, 3.8) is 0 Å². The van der Waals surface area contributed by atoms with Crippen molar-refractivity contribution in [3.8, 4) is 23.0 Å². The number of aldehydes is 2. The van der Waals surface area contributed by atoms with Crippen molar-refractivity contribution in [2.45, 2.75) is 6.42 Å². The number of carbonyl (C=O) groups is 2. The molecular formula is C19H20O6. The average molecular weight is 344 g/mol. The molecule has 0 aliphatic heterocycles. The highest BCUT2D eigenvalue weighted by molar-refractivity contribution is 5.80. The Bertz CT molecular complexity index is 664. The van der Waals surface area contributed by atoms with Gasteiger partial charge in [0.15, 0.2) is 12.6 Å². The summed E-state index contributed by atoms with van der Waals surface area (Å²) in [4.78, 5) is 22.2. The summed E-state index contributed by atoms with van der Waals surface area (Å²) in [5.41, 5.74) is 0.859. The molecule has 0 amide bonds. The van der Waals surface area contributed by atoms with E-state index < -0.39 is 0 Å². The van der Waals surface area contributed by atoms with Crippen LogP contribution in [0.2, 0.25) is 0 Å². The van der Waals surface area contributed by atoms with E-state index >= 15 is 0 Å². The van der Waals surface area contributed by atoms with Gasteiger partial charge in [0.2, 0.25) is 0 Å². The zero-order chi connectivity index (χ0) is 18.1. The lowest BCUT2D eigenvalue weighted by Crippen LogP contribution is -2.07. The van der Waals surface area contributed by atoms with Crippen molar-refractivity contribution in [3.05, 3.63) is 47.5 Å². The summed E-state index contributed by atoms with van der Waals surface area (Å²) in [6.07, 6.45) is 2.04. The molecule has 0 aliphatic rings. The summed E-state index contributed by atoms with van der Waals surface area (Å²) in [6, 6.07) is 10.1. The molecule has 25 heavy (non-hydrogen) atoms. The fourth-order valence-corrected chi connectivity index (χ4v) is 2.18. The molecule has 0 atom stereocenters. The van der Waals surface area contributed by atoms with Crippen molar-refractivity contribution in [1.82, 2.24) is 0 Å². The summed E-state index contributed by atoms with van der Waals surface area (Å²) >= 11 is 0. The molecule has 0 fully saturated rings. The van der Waals surface area contributed by atoms with Gasteiger partial charge >= 0.3 is 0 Å².